The van der Waals surface area contributed by atoms with E-state index in [4.69, 9.17) is 25.8 Å². The van der Waals surface area contributed by atoms with Crippen LogP contribution in [0.5, 0.6) is 11.5 Å². The fraction of sp³-hybridized carbons (Fsp3) is 0.273. The average Bonchev–Trinajstić information content (AvgIpc) is 3.10. The summed E-state index contributed by atoms with van der Waals surface area (Å²) in [4.78, 5) is 26.9. The SMILES string of the molecule is CCCCOc1c(Br)cc(/C=C2\N=C(c3ccc([N+](=O)[O-])cc3Cl)OC2=O)cc1OCC. The van der Waals surface area contributed by atoms with Crippen molar-refractivity contribution in [2.24, 2.45) is 4.99 Å². The first kappa shape index (κ1) is 23.7. The van der Waals surface area contributed by atoms with E-state index in [1.807, 2.05) is 6.92 Å². The first-order valence-corrected chi connectivity index (χ1v) is 11.1. The van der Waals surface area contributed by atoms with E-state index in [1.54, 1.807) is 18.2 Å². The van der Waals surface area contributed by atoms with E-state index in [1.165, 1.54) is 18.2 Å². The van der Waals surface area contributed by atoms with Crippen molar-refractivity contribution >= 4 is 51.2 Å². The number of ether oxygens (including phenoxy) is 3. The molecule has 0 bridgehead atoms. The Morgan fingerprint density at radius 2 is 2.03 bits per heavy atom. The van der Waals surface area contributed by atoms with Gasteiger partial charge in [-0.25, -0.2) is 9.79 Å². The lowest BCUT2D eigenvalue weighted by Crippen LogP contribution is -2.06. The topological polar surface area (TPSA) is 100 Å². The maximum Gasteiger partial charge on any atom is 0.363 e. The number of carbonyl (C=O) groups excluding carboxylic acids is 1. The lowest BCUT2D eigenvalue weighted by Gasteiger charge is -2.14. The number of aliphatic imine (C=N–C) groups is 1. The molecule has 0 saturated carbocycles. The van der Waals surface area contributed by atoms with Gasteiger partial charge in [0.15, 0.2) is 17.2 Å². The van der Waals surface area contributed by atoms with Crippen LogP contribution in [0.15, 0.2) is 45.5 Å². The van der Waals surface area contributed by atoms with E-state index in [9.17, 15) is 14.9 Å². The Morgan fingerprint density at radius 1 is 1.25 bits per heavy atom. The van der Waals surface area contributed by atoms with E-state index >= 15 is 0 Å². The molecule has 1 aliphatic rings. The number of esters is 1. The molecular formula is C22H20BrClN2O6. The van der Waals surface area contributed by atoms with Gasteiger partial charge >= 0.3 is 5.97 Å². The smallest absolute Gasteiger partial charge is 0.363 e. The van der Waals surface area contributed by atoms with Crippen LogP contribution in [0, 0.1) is 10.1 Å². The summed E-state index contributed by atoms with van der Waals surface area (Å²) in [7, 11) is 0. The second-order valence-corrected chi connectivity index (χ2v) is 7.98. The van der Waals surface area contributed by atoms with Crippen LogP contribution < -0.4 is 9.47 Å². The Bertz CT molecular complexity index is 1120. The lowest BCUT2D eigenvalue weighted by molar-refractivity contribution is -0.384. The number of halogens is 2. The van der Waals surface area contributed by atoms with Crippen molar-refractivity contribution in [2.75, 3.05) is 13.2 Å². The normalized spacial score (nSPS) is 14.3. The van der Waals surface area contributed by atoms with Gasteiger partial charge in [-0.15, -0.1) is 0 Å². The highest BCUT2D eigenvalue weighted by Gasteiger charge is 2.27. The van der Waals surface area contributed by atoms with Gasteiger partial charge in [0.2, 0.25) is 5.90 Å². The molecule has 1 heterocycles. The van der Waals surface area contributed by atoms with Crippen LogP contribution in [-0.4, -0.2) is 30.0 Å². The van der Waals surface area contributed by atoms with Crippen molar-refractivity contribution < 1.29 is 23.9 Å². The third-order valence-corrected chi connectivity index (χ3v) is 5.30. The van der Waals surface area contributed by atoms with Gasteiger partial charge in [-0.3, -0.25) is 10.1 Å². The van der Waals surface area contributed by atoms with Crippen LogP contribution in [0.25, 0.3) is 6.08 Å². The van der Waals surface area contributed by atoms with E-state index in [0.29, 0.717) is 34.7 Å². The van der Waals surface area contributed by atoms with Crippen molar-refractivity contribution in [3.63, 3.8) is 0 Å². The van der Waals surface area contributed by atoms with Crippen LogP contribution in [0.3, 0.4) is 0 Å². The summed E-state index contributed by atoms with van der Waals surface area (Å²) in [6, 6.07) is 7.38. The zero-order valence-corrected chi connectivity index (χ0v) is 19.7. The number of unbranched alkanes of at least 4 members (excludes halogenated alkanes) is 1. The third-order valence-electron chi connectivity index (χ3n) is 4.39. The summed E-state index contributed by atoms with van der Waals surface area (Å²) >= 11 is 9.62. The third kappa shape index (κ3) is 5.46. The standard InChI is InChI=1S/C22H20BrClN2O6/c1-3-5-8-31-20-16(23)9-13(11-19(20)30-4-2)10-18-22(27)32-21(25-18)15-7-6-14(26(28)29)12-17(15)24/h6-7,9-12H,3-5,8H2,1-2H3/b18-10-. The number of cyclic esters (lactones) is 1. The van der Waals surface area contributed by atoms with Gasteiger partial charge in [-0.1, -0.05) is 24.9 Å². The van der Waals surface area contributed by atoms with Crippen LogP contribution in [0.2, 0.25) is 5.02 Å². The molecule has 0 saturated heterocycles. The summed E-state index contributed by atoms with van der Waals surface area (Å²) in [5.41, 5.74) is 0.817. The highest BCUT2D eigenvalue weighted by molar-refractivity contribution is 9.10. The van der Waals surface area contributed by atoms with E-state index in [-0.39, 0.29) is 27.9 Å². The lowest BCUT2D eigenvalue weighted by atomic mass is 10.1. The molecule has 0 unspecified atom stereocenters. The van der Waals surface area contributed by atoms with E-state index in [0.717, 1.165) is 12.8 Å². The maximum absolute atomic E-state index is 12.4. The van der Waals surface area contributed by atoms with Gasteiger partial charge < -0.3 is 14.2 Å². The Balaban J connectivity index is 1.93. The Hall–Kier alpha value is -2.91. The zero-order valence-electron chi connectivity index (χ0n) is 17.4. The Kier molecular flexibility index (Phi) is 7.87. The number of hydrogen-bond acceptors (Lipinski definition) is 7. The number of hydrogen-bond donors (Lipinski definition) is 0. The molecule has 0 amide bonds. The second-order valence-electron chi connectivity index (χ2n) is 6.72. The van der Waals surface area contributed by atoms with Gasteiger partial charge in [0.05, 0.1) is 33.2 Å². The minimum absolute atomic E-state index is 0.0234. The first-order chi connectivity index (χ1) is 15.3. The average molecular weight is 524 g/mol. The van der Waals surface area contributed by atoms with Gasteiger partial charge in [0.25, 0.3) is 5.69 Å². The van der Waals surface area contributed by atoms with E-state index < -0.39 is 10.9 Å². The molecule has 0 atom stereocenters. The molecule has 0 N–H and O–H groups in total. The number of rotatable bonds is 9. The zero-order chi connectivity index (χ0) is 23.3. The van der Waals surface area contributed by atoms with Crippen molar-refractivity contribution in [3.05, 3.63) is 66.8 Å². The van der Waals surface area contributed by atoms with Gasteiger partial charge in [0, 0.05) is 12.1 Å². The fourth-order valence-electron chi connectivity index (χ4n) is 2.87. The predicted molar refractivity (Wildman–Crippen MR) is 124 cm³/mol. The van der Waals surface area contributed by atoms with Crippen molar-refractivity contribution in [1.82, 2.24) is 0 Å². The summed E-state index contributed by atoms with van der Waals surface area (Å²) in [5.74, 6) is 0.452. The molecule has 0 spiro atoms. The Labute approximate surface area is 198 Å². The molecule has 2 aromatic rings. The molecule has 0 aromatic heterocycles. The maximum atomic E-state index is 12.4. The van der Waals surface area contributed by atoms with Gasteiger partial charge in [-0.05, 0) is 59.1 Å². The summed E-state index contributed by atoms with van der Waals surface area (Å²) in [5, 5.41) is 10.9. The number of nitro benzene ring substituents is 1. The van der Waals surface area contributed by atoms with Crippen LogP contribution in [0.4, 0.5) is 5.69 Å². The number of nitro groups is 1. The van der Waals surface area contributed by atoms with Crippen molar-refractivity contribution in [3.8, 4) is 11.5 Å². The van der Waals surface area contributed by atoms with Crippen LogP contribution in [-0.2, 0) is 9.53 Å². The summed E-state index contributed by atoms with van der Waals surface area (Å²) in [6.07, 6.45) is 3.48. The Morgan fingerprint density at radius 3 is 2.69 bits per heavy atom. The molecular weight excluding hydrogens is 504 g/mol. The quantitative estimate of drug-likeness (QED) is 0.133. The number of benzene rings is 2. The monoisotopic (exact) mass is 522 g/mol. The largest absolute Gasteiger partial charge is 0.490 e. The van der Waals surface area contributed by atoms with Crippen molar-refractivity contribution in [2.45, 2.75) is 26.7 Å². The molecule has 1 aliphatic heterocycles. The first-order valence-electron chi connectivity index (χ1n) is 9.90. The molecule has 0 radical (unpaired) electrons. The summed E-state index contributed by atoms with van der Waals surface area (Å²) in [6.45, 7) is 4.95. The highest BCUT2D eigenvalue weighted by atomic mass is 79.9. The molecule has 0 aliphatic carbocycles. The molecule has 0 fully saturated rings. The second kappa shape index (κ2) is 10.6. The molecule has 168 valence electrons. The number of nitrogens with zero attached hydrogens (tertiary/aromatic N) is 2. The minimum Gasteiger partial charge on any atom is -0.490 e. The fourth-order valence-corrected chi connectivity index (χ4v) is 3.70. The molecule has 2 aromatic carbocycles. The van der Waals surface area contributed by atoms with Gasteiger partial charge in [-0.2, -0.15) is 0 Å². The van der Waals surface area contributed by atoms with Crippen molar-refractivity contribution in [1.29, 1.82) is 0 Å². The summed E-state index contributed by atoms with van der Waals surface area (Å²) < 4.78 is 17.5. The van der Waals surface area contributed by atoms with E-state index in [2.05, 4.69) is 27.8 Å². The molecule has 32 heavy (non-hydrogen) atoms. The molecule has 8 nitrogen and oxygen atoms in total. The van der Waals surface area contributed by atoms with Crippen LogP contribution >= 0.6 is 27.5 Å². The van der Waals surface area contributed by atoms with Crippen LogP contribution in [0.1, 0.15) is 37.8 Å². The van der Waals surface area contributed by atoms with Gasteiger partial charge in [0.1, 0.15) is 0 Å². The number of non-ortho nitro benzene ring substituents is 1. The molecule has 10 heteroatoms. The predicted octanol–water partition coefficient (Wildman–Crippen LogP) is 5.93. The minimum atomic E-state index is -0.660. The molecule has 3 rings (SSSR count). The highest BCUT2D eigenvalue weighted by Crippen LogP contribution is 2.38. The number of carbonyl (C=O) groups is 1.